The van der Waals surface area contributed by atoms with Crippen molar-refractivity contribution in [3.63, 3.8) is 0 Å². The molecule has 0 bridgehead atoms. The van der Waals surface area contributed by atoms with E-state index in [0.717, 1.165) is 16.0 Å². The van der Waals surface area contributed by atoms with Crippen molar-refractivity contribution in [3.8, 4) is 0 Å². The van der Waals surface area contributed by atoms with Crippen LogP contribution in [0.15, 0.2) is 34.9 Å². The van der Waals surface area contributed by atoms with Crippen molar-refractivity contribution in [2.45, 2.75) is 13.8 Å². The smallest absolute Gasteiger partial charge is 0.144 e. The third kappa shape index (κ3) is 2.77. The summed E-state index contributed by atoms with van der Waals surface area (Å²) < 4.78 is 0.860. The second-order valence-electron chi connectivity index (χ2n) is 4.04. The van der Waals surface area contributed by atoms with Gasteiger partial charge in [0.15, 0.2) is 0 Å². The zero-order chi connectivity index (χ0) is 12.4. The Labute approximate surface area is 109 Å². The van der Waals surface area contributed by atoms with Crippen LogP contribution in [0.1, 0.15) is 11.1 Å². The summed E-state index contributed by atoms with van der Waals surface area (Å²) >= 11 is 3.44. The van der Waals surface area contributed by atoms with Crippen LogP contribution in [0, 0.1) is 13.8 Å². The fourth-order valence-corrected chi connectivity index (χ4v) is 2.01. The lowest BCUT2D eigenvalue weighted by atomic mass is 10.1. The number of halogens is 1. The van der Waals surface area contributed by atoms with Gasteiger partial charge in [-0.25, -0.2) is 4.98 Å². The molecule has 0 saturated carbocycles. The van der Waals surface area contributed by atoms with Gasteiger partial charge < -0.3 is 11.1 Å². The van der Waals surface area contributed by atoms with E-state index in [1.54, 1.807) is 6.20 Å². The Hall–Kier alpha value is -1.55. The predicted octanol–water partition coefficient (Wildman–Crippen LogP) is 3.79. The summed E-state index contributed by atoms with van der Waals surface area (Å²) in [5.41, 5.74) is 9.75. The highest BCUT2D eigenvalue weighted by Crippen LogP contribution is 2.27. The summed E-state index contributed by atoms with van der Waals surface area (Å²) in [7, 11) is 0. The fraction of sp³-hybridized carbons (Fsp3) is 0.154. The molecule has 1 aromatic heterocycles. The Kier molecular flexibility index (Phi) is 3.33. The van der Waals surface area contributed by atoms with E-state index in [-0.39, 0.29) is 0 Å². The molecule has 2 aromatic rings. The van der Waals surface area contributed by atoms with Gasteiger partial charge in [0.05, 0.1) is 16.4 Å². The molecule has 0 aliphatic rings. The Bertz CT molecular complexity index is 552. The van der Waals surface area contributed by atoms with E-state index >= 15 is 0 Å². The molecule has 0 radical (unpaired) electrons. The van der Waals surface area contributed by atoms with Crippen molar-refractivity contribution < 1.29 is 0 Å². The van der Waals surface area contributed by atoms with Gasteiger partial charge >= 0.3 is 0 Å². The molecular formula is C13H14BrN3. The van der Waals surface area contributed by atoms with Gasteiger partial charge in [0, 0.05) is 5.69 Å². The lowest BCUT2D eigenvalue weighted by Gasteiger charge is -2.11. The van der Waals surface area contributed by atoms with Crippen LogP contribution in [0.4, 0.5) is 17.2 Å². The molecule has 2 rings (SSSR count). The number of nitrogens with zero attached hydrogens (tertiary/aromatic N) is 1. The van der Waals surface area contributed by atoms with Crippen LogP contribution in [0.5, 0.6) is 0 Å². The number of aryl methyl sites for hydroxylation is 2. The highest BCUT2D eigenvalue weighted by atomic mass is 79.9. The van der Waals surface area contributed by atoms with Gasteiger partial charge in [-0.3, -0.25) is 0 Å². The van der Waals surface area contributed by atoms with Crippen molar-refractivity contribution >= 4 is 33.1 Å². The molecule has 0 spiro atoms. The molecule has 0 atom stereocenters. The second-order valence-corrected chi connectivity index (χ2v) is 4.90. The topological polar surface area (TPSA) is 50.9 Å². The minimum absolute atomic E-state index is 0.642. The summed E-state index contributed by atoms with van der Waals surface area (Å²) in [4.78, 5) is 4.26. The maximum Gasteiger partial charge on any atom is 0.144 e. The zero-order valence-electron chi connectivity index (χ0n) is 9.79. The first-order valence-electron chi connectivity index (χ1n) is 5.31. The molecule has 3 N–H and O–H groups in total. The molecule has 0 amide bonds. The van der Waals surface area contributed by atoms with Gasteiger partial charge in [0.25, 0.3) is 0 Å². The van der Waals surface area contributed by atoms with E-state index in [2.05, 4.69) is 58.3 Å². The first-order chi connectivity index (χ1) is 8.06. The SMILES string of the molecule is Cc1ccc(C)c(Nc2ncc(N)cc2Br)c1. The lowest BCUT2D eigenvalue weighted by Crippen LogP contribution is -1.98. The third-order valence-corrected chi connectivity index (χ3v) is 3.11. The Morgan fingerprint density at radius 3 is 2.71 bits per heavy atom. The van der Waals surface area contributed by atoms with Crippen LogP contribution >= 0.6 is 15.9 Å². The third-order valence-electron chi connectivity index (χ3n) is 2.51. The summed E-state index contributed by atoms with van der Waals surface area (Å²) in [5.74, 6) is 0.771. The molecule has 4 heteroatoms. The molecule has 0 fully saturated rings. The zero-order valence-corrected chi connectivity index (χ0v) is 11.4. The van der Waals surface area contributed by atoms with Crippen LogP contribution in [0.25, 0.3) is 0 Å². The standard InChI is InChI=1S/C13H14BrN3/c1-8-3-4-9(2)12(5-8)17-13-11(14)6-10(15)7-16-13/h3-7H,15H2,1-2H3,(H,16,17). The largest absolute Gasteiger partial charge is 0.397 e. The fourth-order valence-electron chi connectivity index (χ4n) is 1.54. The van der Waals surface area contributed by atoms with Crippen LogP contribution in [-0.2, 0) is 0 Å². The quantitative estimate of drug-likeness (QED) is 0.885. The van der Waals surface area contributed by atoms with E-state index in [0.29, 0.717) is 5.69 Å². The number of rotatable bonds is 2. The highest BCUT2D eigenvalue weighted by Gasteiger charge is 2.04. The molecular weight excluding hydrogens is 278 g/mol. The highest BCUT2D eigenvalue weighted by molar-refractivity contribution is 9.10. The van der Waals surface area contributed by atoms with Gasteiger partial charge in [0.2, 0.25) is 0 Å². The summed E-state index contributed by atoms with van der Waals surface area (Å²) in [6.45, 7) is 4.13. The van der Waals surface area contributed by atoms with E-state index in [1.807, 2.05) is 6.07 Å². The molecule has 3 nitrogen and oxygen atoms in total. The van der Waals surface area contributed by atoms with Crippen molar-refractivity contribution in [2.75, 3.05) is 11.1 Å². The number of anilines is 3. The van der Waals surface area contributed by atoms with E-state index in [4.69, 9.17) is 5.73 Å². The molecule has 0 aliphatic heterocycles. The maximum atomic E-state index is 5.65. The number of pyridine rings is 1. The number of nitrogens with one attached hydrogen (secondary N) is 1. The van der Waals surface area contributed by atoms with E-state index in [9.17, 15) is 0 Å². The minimum Gasteiger partial charge on any atom is -0.397 e. The van der Waals surface area contributed by atoms with Gasteiger partial charge in [-0.15, -0.1) is 0 Å². The first-order valence-corrected chi connectivity index (χ1v) is 6.11. The van der Waals surface area contributed by atoms with Gasteiger partial charge in [0.1, 0.15) is 5.82 Å². The molecule has 0 unspecified atom stereocenters. The van der Waals surface area contributed by atoms with Gasteiger partial charge in [-0.1, -0.05) is 12.1 Å². The maximum absolute atomic E-state index is 5.65. The van der Waals surface area contributed by atoms with Crippen molar-refractivity contribution in [1.29, 1.82) is 0 Å². The Balaban J connectivity index is 2.34. The minimum atomic E-state index is 0.642. The van der Waals surface area contributed by atoms with Gasteiger partial charge in [-0.2, -0.15) is 0 Å². The summed E-state index contributed by atoms with van der Waals surface area (Å²) in [5, 5.41) is 3.29. The molecule has 17 heavy (non-hydrogen) atoms. The molecule has 1 heterocycles. The van der Waals surface area contributed by atoms with Crippen LogP contribution < -0.4 is 11.1 Å². The van der Waals surface area contributed by atoms with Crippen molar-refractivity contribution in [3.05, 3.63) is 46.1 Å². The number of benzene rings is 1. The number of aromatic nitrogens is 1. The normalized spacial score (nSPS) is 10.3. The number of hydrogen-bond donors (Lipinski definition) is 2. The summed E-state index contributed by atoms with van der Waals surface area (Å²) in [6.07, 6.45) is 1.64. The molecule has 0 saturated heterocycles. The van der Waals surface area contributed by atoms with Crippen LogP contribution in [0.3, 0.4) is 0 Å². The van der Waals surface area contributed by atoms with E-state index in [1.165, 1.54) is 11.1 Å². The van der Waals surface area contributed by atoms with Crippen molar-refractivity contribution in [2.24, 2.45) is 0 Å². The molecule has 0 aliphatic carbocycles. The van der Waals surface area contributed by atoms with Gasteiger partial charge in [-0.05, 0) is 53.0 Å². The Morgan fingerprint density at radius 1 is 1.24 bits per heavy atom. The lowest BCUT2D eigenvalue weighted by molar-refractivity contribution is 1.28. The monoisotopic (exact) mass is 291 g/mol. The molecule has 88 valence electrons. The van der Waals surface area contributed by atoms with Crippen LogP contribution in [0.2, 0.25) is 0 Å². The molecule has 1 aromatic carbocycles. The average Bonchev–Trinajstić information content (AvgIpc) is 2.27. The van der Waals surface area contributed by atoms with E-state index < -0.39 is 0 Å². The van der Waals surface area contributed by atoms with Crippen LogP contribution in [-0.4, -0.2) is 4.98 Å². The number of nitrogens with two attached hydrogens (primary N) is 1. The van der Waals surface area contributed by atoms with Crippen molar-refractivity contribution in [1.82, 2.24) is 4.98 Å². The average molecular weight is 292 g/mol. The second kappa shape index (κ2) is 4.75. The first kappa shape index (κ1) is 11.9. The Morgan fingerprint density at radius 2 is 2.00 bits per heavy atom. The number of hydrogen-bond acceptors (Lipinski definition) is 3. The predicted molar refractivity (Wildman–Crippen MR) is 75.5 cm³/mol. The summed E-state index contributed by atoms with van der Waals surface area (Å²) in [6, 6.07) is 8.11. The number of nitrogen functional groups attached to an aromatic ring is 1.